The number of halogens is 1. The smallest absolute Gasteiger partial charge is 0.128 e. The minimum Gasteiger partial charge on any atom is -0.388 e. The molecule has 21 heavy (non-hydrogen) atoms. The number of aryl methyl sites for hydroxylation is 2. The van der Waals surface area contributed by atoms with Gasteiger partial charge in [0.25, 0.3) is 0 Å². The molecule has 112 valence electrons. The van der Waals surface area contributed by atoms with Crippen LogP contribution in [0.15, 0.2) is 24.3 Å². The molecule has 0 fully saturated rings. The maximum absolute atomic E-state index is 13.9. The van der Waals surface area contributed by atoms with Gasteiger partial charge in [-0.25, -0.2) is 4.39 Å². The third-order valence-electron chi connectivity index (χ3n) is 4.48. The van der Waals surface area contributed by atoms with Crippen LogP contribution in [-0.2, 0) is 6.42 Å². The molecule has 1 aromatic heterocycles. The van der Waals surface area contributed by atoms with Crippen LogP contribution in [0.2, 0.25) is 0 Å². The number of rotatable bonds is 1. The van der Waals surface area contributed by atoms with Crippen molar-refractivity contribution in [3.8, 4) is 5.69 Å². The van der Waals surface area contributed by atoms with E-state index in [1.807, 2.05) is 19.1 Å². The molecule has 0 saturated heterocycles. The molecule has 1 aliphatic carbocycles. The maximum Gasteiger partial charge on any atom is 0.128 e. The Kier molecular flexibility index (Phi) is 3.21. The average Bonchev–Trinajstić information content (AvgIpc) is 2.68. The molecule has 0 saturated carbocycles. The molecular formula is C18H22FNO. The minimum absolute atomic E-state index is 0.0538. The molecule has 2 aromatic rings. The summed E-state index contributed by atoms with van der Waals surface area (Å²) in [7, 11) is 0. The van der Waals surface area contributed by atoms with Crippen LogP contribution in [-0.4, -0.2) is 9.67 Å². The van der Waals surface area contributed by atoms with Gasteiger partial charge in [0.1, 0.15) is 5.82 Å². The summed E-state index contributed by atoms with van der Waals surface area (Å²) in [5, 5.41) is 10.4. The summed E-state index contributed by atoms with van der Waals surface area (Å²) in [4.78, 5) is 0. The number of hydrogen-bond donors (Lipinski definition) is 1. The molecule has 1 unspecified atom stereocenters. The lowest BCUT2D eigenvalue weighted by atomic mass is 9.75. The van der Waals surface area contributed by atoms with Crippen LogP contribution >= 0.6 is 0 Å². The summed E-state index contributed by atoms with van der Waals surface area (Å²) < 4.78 is 16.0. The Morgan fingerprint density at radius 3 is 2.62 bits per heavy atom. The summed E-state index contributed by atoms with van der Waals surface area (Å²) in [5.41, 5.74) is 4.69. The quantitative estimate of drug-likeness (QED) is 0.834. The average molecular weight is 287 g/mol. The van der Waals surface area contributed by atoms with Crippen molar-refractivity contribution in [1.29, 1.82) is 0 Å². The first-order valence-electron chi connectivity index (χ1n) is 7.44. The highest BCUT2D eigenvalue weighted by atomic mass is 19.1. The van der Waals surface area contributed by atoms with Crippen LogP contribution in [0, 0.1) is 25.1 Å². The van der Waals surface area contributed by atoms with E-state index >= 15 is 0 Å². The minimum atomic E-state index is -0.431. The first-order chi connectivity index (χ1) is 9.78. The third kappa shape index (κ3) is 2.40. The highest BCUT2D eigenvalue weighted by Crippen LogP contribution is 2.42. The van der Waals surface area contributed by atoms with E-state index in [4.69, 9.17) is 0 Å². The number of benzene rings is 1. The normalized spacial score (nSPS) is 20.4. The fourth-order valence-corrected chi connectivity index (χ4v) is 3.42. The van der Waals surface area contributed by atoms with Crippen molar-refractivity contribution >= 4 is 0 Å². The first kappa shape index (κ1) is 14.3. The van der Waals surface area contributed by atoms with Gasteiger partial charge < -0.3 is 9.67 Å². The largest absolute Gasteiger partial charge is 0.388 e. The van der Waals surface area contributed by atoms with Crippen LogP contribution in [0.4, 0.5) is 4.39 Å². The monoisotopic (exact) mass is 287 g/mol. The Morgan fingerprint density at radius 2 is 1.95 bits per heavy atom. The van der Waals surface area contributed by atoms with Crippen LogP contribution < -0.4 is 0 Å². The molecule has 3 rings (SSSR count). The number of aliphatic hydroxyl groups excluding tert-OH is 1. The molecule has 0 amide bonds. The topological polar surface area (TPSA) is 25.2 Å². The third-order valence-corrected chi connectivity index (χ3v) is 4.48. The number of nitrogens with zero attached hydrogens (tertiary/aromatic N) is 1. The fraction of sp³-hybridized carbons (Fsp3) is 0.444. The van der Waals surface area contributed by atoms with Crippen molar-refractivity contribution in [2.45, 2.75) is 46.6 Å². The molecule has 1 atom stereocenters. The summed E-state index contributed by atoms with van der Waals surface area (Å²) in [6.07, 6.45) is 1.23. The van der Waals surface area contributed by atoms with Gasteiger partial charge in [-0.1, -0.05) is 19.9 Å². The second kappa shape index (κ2) is 4.70. The van der Waals surface area contributed by atoms with Gasteiger partial charge in [-0.2, -0.15) is 0 Å². The predicted molar refractivity (Wildman–Crippen MR) is 82.3 cm³/mol. The molecule has 0 spiro atoms. The molecule has 1 aliphatic rings. The van der Waals surface area contributed by atoms with E-state index in [0.717, 1.165) is 35.5 Å². The first-order valence-corrected chi connectivity index (χ1v) is 7.44. The Hall–Kier alpha value is -1.61. The Morgan fingerprint density at radius 1 is 1.24 bits per heavy atom. The number of fused-ring (bicyclic) bond motifs is 1. The molecule has 0 radical (unpaired) electrons. The van der Waals surface area contributed by atoms with Crippen LogP contribution in [0.1, 0.15) is 48.9 Å². The van der Waals surface area contributed by atoms with Gasteiger partial charge in [0.15, 0.2) is 0 Å². The molecule has 1 N–H and O–H groups in total. The van der Waals surface area contributed by atoms with Crippen molar-refractivity contribution in [2.24, 2.45) is 5.41 Å². The molecular weight excluding hydrogens is 265 g/mol. The van der Waals surface area contributed by atoms with Gasteiger partial charge in [-0.15, -0.1) is 0 Å². The zero-order chi connectivity index (χ0) is 15.4. The van der Waals surface area contributed by atoms with Gasteiger partial charge >= 0.3 is 0 Å². The number of aromatic nitrogens is 1. The highest BCUT2D eigenvalue weighted by molar-refractivity contribution is 5.45. The maximum atomic E-state index is 13.9. The van der Waals surface area contributed by atoms with Gasteiger partial charge in [-0.05, 0) is 55.9 Å². The molecule has 2 nitrogen and oxygen atoms in total. The predicted octanol–water partition coefficient (Wildman–Crippen LogP) is 4.24. The number of hydrogen-bond acceptors (Lipinski definition) is 1. The second-order valence-electron chi connectivity index (χ2n) is 7.02. The Labute approximate surface area is 125 Å². The Balaban J connectivity index is 2.18. The van der Waals surface area contributed by atoms with E-state index in [2.05, 4.69) is 18.4 Å². The summed E-state index contributed by atoms with van der Waals surface area (Å²) in [6.45, 7) is 8.11. The van der Waals surface area contributed by atoms with Crippen molar-refractivity contribution in [3.05, 3.63) is 52.6 Å². The van der Waals surface area contributed by atoms with Gasteiger partial charge in [-0.3, -0.25) is 0 Å². The van der Waals surface area contributed by atoms with E-state index in [1.165, 1.54) is 0 Å². The number of aliphatic hydroxyl groups is 1. The van der Waals surface area contributed by atoms with E-state index in [0.29, 0.717) is 5.56 Å². The molecule has 0 bridgehead atoms. The molecule has 3 heteroatoms. The fourth-order valence-electron chi connectivity index (χ4n) is 3.42. The second-order valence-corrected chi connectivity index (χ2v) is 7.02. The molecule has 0 aliphatic heterocycles. The van der Waals surface area contributed by atoms with Crippen molar-refractivity contribution in [3.63, 3.8) is 0 Å². The van der Waals surface area contributed by atoms with Crippen LogP contribution in [0.5, 0.6) is 0 Å². The lowest BCUT2D eigenvalue weighted by Gasteiger charge is -2.34. The molecule has 1 aromatic carbocycles. The van der Waals surface area contributed by atoms with Crippen molar-refractivity contribution in [2.75, 3.05) is 0 Å². The highest BCUT2D eigenvalue weighted by Gasteiger charge is 2.34. The Bertz CT molecular complexity index is 699. The standard InChI is InChI=1S/C18H22FNO/c1-11-5-6-13(8-15(11)19)20-12(2)7-14-16(20)9-18(3,4)10-17(14)21/h5-8,17,21H,9-10H2,1-4H3. The van der Waals surface area contributed by atoms with Gasteiger partial charge in [0.05, 0.1) is 6.10 Å². The van der Waals surface area contributed by atoms with Gasteiger partial charge in [0.2, 0.25) is 0 Å². The van der Waals surface area contributed by atoms with Crippen LogP contribution in [0.25, 0.3) is 5.69 Å². The summed E-state index contributed by atoms with van der Waals surface area (Å²) in [5.74, 6) is -0.190. The van der Waals surface area contributed by atoms with Crippen molar-refractivity contribution < 1.29 is 9.50 Å². The van der Waals surface area contributed by atoms with E-state index < -0.39 is 6.10 Å². The van der Waals surface area contributed by atoms with E-state index in [9.17, 15) is 9.50 Å². The lowest BCUT2D eigenvalue weighted by Crippen LogP contribution is -2.26. The summed E-state index contributed by atoms with van der Waals surface area (Å²) >= 11 is 0. The van der Waals surface area contributed by atoms with Crippen LogP contribution in [0.3, 0.4) is 0 Å². The van der Waals surface area contributed by atoms with Crippen molar-refractivity contribution in [1.82, 2.24) is 4.57 Å². The van der Waals surface area contributed by atoms with E-state index in [-0.39, 0.29) is 11.2 Å². The SMILES string of the molecule is Cc1ccc(-n2c(C)cc3c2CC(C)(C)CC3O)cc1F. The van der Waals surface area contributed by atoms with E-state index in [1.54, 1.807) is 19.1 Å². The summed E-state index contributed by atoms with van der Waals surface area (Å²) in [6, 6.07) is 7.37. The zero-order valence-electron chi connectivity index (χ0n) is 13.1. The van der Waals surface area contributed by atoms with Gasteiger partial charge in [0, 0.05) is 22.6 Å². The zero-order valence-corrected chi connectivity index (χ0v) is 13.1. The molecule has 1 heterocycles. The lowest BCUT2D eigenvalue weighted by molar-refractivity contribution is 0.0987.